The third kappa shape index (κ3) is 3.21. The van der Waals surface area contributed by atoms with Crippen LogP contribution < -0.4 is 4.31 Å². The topological polar surface area (TPSA) is 82.1 Å². The molecule has 0 N–H and O–H groups in total. The first-order valence-electron chi connectivity index (χ1n) is 7.38. The summed E-state index contributed by atoms with van der Waals surface area (Å²) in [4.78, 5) is 11.8. The summed E-state index contributed by atoms with van der Waals surface area (Å²) in [5.74, 6) is -0.848. The maximum Gasteiger partial charge on any atom is 0.339 e. The molecule has 1 aliphatic heterocycles. The van der Waals surface area contributed by atoms with Crippen molar-refractivity contribution >= 4 is 33.3 Å². The van der Waals surface area contributed by atoms with Crippen molar-refractivity contribution in [3.8, 4) is 0 Å². The third-order valence-corrected chi connectivity index (χ3v) is 5.63. The summed E-state index contributed by atoms with van der Waals surface area (Å²) in [6.45, 7) is -0.134. The van der Waals surface area contributed by atoms with Gasteiger partial charge >= 0.3 is 5.97 Å². The number of rotatable bonds is 5. The number of halogens is 1. The van der Waals surface area contributed by atoms with Crippen molar-refractivity contribution in [3.05, 3.63) is 71.3 Å². The SMILES string of the molecule is COC(=O)c1ccccc1S(=O)(=O)N(C1=COCO1)c1ccccc1Cl. The Morgan fingerprint density at radius 2 is 1.85 bits per heavy atom. The summed E-state index contributed by atoms with van der Waals surface area (Å²) >= 11 is 6.20. The fourth-order valence-electron chi connectivity index (χ4n) is 2.39. The van der Waals surface area contributed by atoms with Crippen LogP contribution in [0.2, 0.25) is 5.02 Å². The minimum atomic E-state index is -4.27. The number of anilines is 1. The van der Waals surface area contributed by atoms with Crippen LogP contribution in [0.1, 0.15) is 10.4 Å². The molecule has 7 nitrogen and oxygen atoms in total. The minimum Gasteiger partial charge on any atom is -0.465 e. The van der Waals surface area contributed by atoms with Crippen molar-refractivity contribution in [3.63, 3.8) is 0 Å². The molecule has 3 rings (SSSR count). The van der Waals surface area contributed by atoms with Crippen LogP contribution >= 0.6 is 11.6 Å². The number of hydrogen-bond donors (Lipinski definition) is 0. The number of methoxy groups -OCH3 is 1. The van der Waals surface area contributed by atoms with Crippen LogP contribution in [0.3, 0.4) is 0 Å². The molecule has 2 aromatic carbocycles. The van der Waals surface area contributed by atoms with E-state index in [0.717, 1.165) is 4.31 Å². The largest absolute Gasteiger partial charge is 0.465 e. The van der Waals surface area contributed by atoms with Crippen LogP contribution in [0.4, 0.5) is 5.69 Å². The molecule has 9 heteroatoms. The number of nitrogens with zero attached hydrogens (tertiary/aromatic N) is 1. The van der Waals surface area contributed by atoms with Gasteiger partial charge in [-0.25, -0.2) is 13.2 Å². The van der Waals surface area contributed by atoms with E-state index in [4.69, 9.17) is 21.1 Å². The van der Waals surface area contributed by atoms with Gasteiger partial charge in [0.05, 0.1) is 23.4 Å². The van der Waals surface area contributed by atoms with Crippen LogP contribution in [0.15, 0.2) is 65.6 Å². The Kier molecular flexibility index (Phi) is 5.06. The molecule has 0 saturated heterocycles. The molecule has 136 valence electrons. The van der Waals surface area contributed by atoms with E-state index in [2.05, 4.69) is 4.74 Å². The Labute approximate surface area is 155 Å². The van der Waals surface area contributed by atoms with Crippen molar-refractivity contribution < 1.29 is 27.4 Å². The lowest BCUT2D eigenvalue weighted by Gasteiger charge is -2.25. The van der Waals surface area contributed by atoms with E-state index in [9.17, 15) is 13.2 Å². The van der Waals surface area contributed by atoms with Crippen molar-refractivity contribution in [1.29, 1.82) is 0 Å². The van der Waals surface area contributed by atoms with Crippen molar-refractivity contribution in [1.82, 2.24) is 0 Å². The van der Waals surface area contributed by atoms with Crippen LogP contribution in [-0.4, -0.2) is 28.3 Å². The maximum atomic E-state index is 13.4. The van der Waals surface area contributed by atoms with E-state index in [1.807, 2.05) is 0 Å². The molecule has 2 aromatic rings. The predicted octanol–water partition coefficient (Wildman–Crippen LogP) is 3.13. The van der Waals surface area contributed by atoms with Crippen molar-refractivity contribution in [2.75, 3.05) is 18.2 Å². The second-order valence-corrected chi connectivity index (χ2v) is 7.26. The number of carbonyl (C=O) groups excluding carboxylic acids is 1. The van der Waals surface area contributed by atoms with Gasteiger partial charge in [-0.05, 0) is 24.3 Å². The number of esters is 1. The van der Waals surface area contributed by atoms with Gasteiger partial charge in [-0.3, -0.25) is 0 Å². The second-order valence-electron chi connectivity index (χ2n) is 5.09. The van der Waals surface area contributed by atoms with E-state index in [1.54, 1.807) is 24.3 Å². The fraction of sp³-hybridized carbons (Fsp3) is 0.118. The third-order valence-electron chi connectivity index (χ3n) is 3.54. The van der Waals surface area contributed by atoms with Gasteiger partial charge in [-0.2, -0.15) is 4.31 Å². The van der Waals surface area contributed by atoms with Crippen molar-refractivity contribution in [2.24, 2.45) is 0 Å². The average Bonchev–Trinajstić information content (AvgIpc) is 3.17. The summed E-state index contributed by atoms with van der Waals surface area (Å²) in [6, 6.07) is 12.1. The molecule has 0 spiro atoms. The van der Waals surface area contributed by atoms with Gasteiger partial charge in [0.15, 0.2) is 0 Å². The molecule has 0 bridgehead atoms. The van der Waals surface area contributed by atoms with Gasteiger partial charge in [-0.15, -0.1) is 0 Å². The van der Waals surface area contributed by atoms with E-state index >= 15 is 0 Å². The average molecular weight is 396 g/mol. The summed E-state index contributed by atoms with van der Waals surface area (Å²) in [7, 11) is -3.10. The van der Waals surface area contributed by atoms with Crippen LogP contribution in [0, 0.1) is 0 Å². The smallest absolute Gasteiger partial charge is 0.339 e. The summed E-state index contributed by atoms with van der Waals surface area (Å²) in [5.41, 5.74) is 0.0529. The van der Waals surface area contributed by atoms with Gasteiger partial charge in [-0.1, -0.05) is 35.9 Å². The monoisotopic (exact) mass is 395 g/mol. The van der Waals surface area contributed by atoms with E-state index in [-0.39, 0.29) is 33.8 Å². The number of hydrogen-bond acceptors (Lipinski definition) is 6. The first-order valence-corrected chi connectivity index (χ1v) is 9.20. The van der Waals surface area contributed by atoms with E-state index < -0.39 is 16.0 Å². The lowest BCUT2D eigenvalue weighted by Crippen LogP contribution is -2.32. The summed E-state index contributed by atoms with van der Waals surface area (Å²) in [5, 5.41) is 0.183. The molecule has 0 amide bonds. The molecule has 1 aliphatic rings. The fourth-order valence-corrected chi connectivity index (χ4v) is 4.29. The van der Waals surface area contributed by atoms with Gasteiger partial charge in [0.25, 0.3) is 10.0 Å². The molecule has 26 heavy (non-hydrogen) atoms. The van der Waals surface area contributed by atoms with Crippen LogP contribution in [-0.2, 0) is 24.2 Å². The first kappa shape index (κ1) is 18.1. The van der Waals surface area contributed by atoms with Gasteiger partial charge in [0.2, 0.25) is 12.7 Å². The lowest BCUT2D eigenvalue weighted by molar-refractivity contribution is 0.0596. The first-order chi connectivity index (χ1) is 12.5. The number of para-hydroxylation sites is 1. The number of sulfonamides is 1. The highest BCUT2D eigenvalue weighted by atomic mass is 35.5. The van der Waals surface area contributed by atoms with Crippen LogP contribution in [0.25, 0.3) is 0 Å². The Morgan fingerprint density at radius 3 is 2.50 bits per heavy atom. The molecular weight excluding hydrogens is 382 g/mol. The summed E-state index contributed by atoms with van der Waals surface area (Å²) in [6.07, 6.45) is 1.17. The molecule has 0 atom stereocenters. The maximum absolute atomic E-state index is 13.4. The summed E-state index contributed by atoms with van der Waals surface area (Å²) < 4.78 is 42.6. The zero-order valence-electron chi connectivity index (χ0n) is 13.6. The molecule has 0 aromatic heterocycles. The Bertz CT molecular complexity index is 973. The Morgan fingerprint density at radius 1 is 1.15 bits per heavy atom. The Hall–Kier alpha value is -2.71. The molecule has 0 aliphatic carbocycles. The number of ether oxygens (including phenoxy) is 3. The van der Waals surface area contributed by atoms with Gasteiger partial charge < -0.3 is 14.2 Å². The highest BCUT2D eigenvalue weighted by molar-refractivity contribution is 7.93. The molecule has 0 saturated carbocycles. The molecular formula is C17H14ClNO6S. The predicted molar refractivity (Wildman–Crippen MR) is 94.0 cm³/mol. The van der Waals surface area contributed by atoms with E-state index in [0.29, 0.717) is 0 Å². The Balaban J connectivity index is 2.22. The number of benzene rings is 2. The quantitative estimate of drug-likeness (QED) is 0.723. The second kappa shape index (κ2) is 7.27. The zero-order valence-corrected chi connectivity index (χ0v) is 15.2. The van der Waals surface area contributed by atoms with E-state index in [1.165, 1.54) is 37.6 Å². The molecule has 1 heterocycles. The highest BCUT2D eigenvalue weighted by Crippen LogP contribution is 2.35. The molecule has 0 fully saturated rings. The molecule has 0 radical (unpaired) electrons. The van der Waals surface area contributed by atoms with Crippen molar-refractivity contribution in [2.45, 2.75) is 4.90 Å². The minimum absolute atomic E-state index is 0.0715. The number of carbonyl (C=O) groups is 1. The standard InChI is InChI=1S/C17H14ClNO6S/c1-23-17(20)12-6-2-5-9-15(12)26(21,22)19(16-10-24-11-25-16)14-8-4-3-7-13(14)18/h2-10H,11H2,1H3. The van der Waals surface area contributed by atoms with Gasteiger partial charge in [0.1, 0.15) is 11.2 Å². The van der Waals surface area contributed by atoms with Gasteiger partial charge in [0, 0.05) is 0 Å². The molecule has 0 unspecified atom stereocenters. The lowest BCUT2D eigenvalue weighted by atomic mass is 10.2. The normalized spacial score (nSPS) is 13.4. The highest BCUT2D eigenvalue weighted by Gasteiger charge is 2.35. The zero-order chi connectivity index (χ0) is 18.7. The van der Waals surface area contributed by atoms with Crippen LogP contribution in [0.5, 0.6) is 0 Å².